The van der Waals surface area contributed by atoms with Crippen molar-refractivity contribution in [3.05, 3.63) is 17.6 Å². The van der Waals surface area contributed by atoms with Gasteiger partial charge in [-0.3, -0.25) is 0 Å². The molecule has 2 aromatic heterocycles. The Balaban J connectivity index is 2.04. The molecule has 0 saturated carbocycles. The van der Waals surface area contributed by atoms with Gasteiger partial charge in [-0.25, -0.2) is 0 Å². The number of hydrogen-bond acceptors (Lipinski definition) is 7. The standard InChI is InChI=1S/C12H20N6OS/c1-8-14-17-11(18(8)6-5-13)20-7-9-15-16-10(19-9)12(2,3)4/h5-7,13H2,1-4H3. The molecule has 0 spiro atoms. The van der Waals surface area contributed by atoms with Crippen LogP contribution in [0.2, 0.25) is 0 Å². The summed E-state index contributed by atoms with van der Waals surface area (Å²) in [5.41, 5.74) is 5.46. The molecule has 2 N–H and O–H groups in total. The van der Waals surface area contributed by atoms with E-state index in [-0.39, 0.29) is 5.41 Å². The molecule has 0 aliphatic carbocycles. The van der Waals surface area contributed by atoms with Crippen molar-refractivity contribution in [1.82, 2.24) is 25.0 Å². The van der Waals surface area contributed by atoms with E-state index in [1.807, 2.05) is 32.3 Å². The number of aromatic nitrogens is 5. The fraction of sp³-hybridized carbons (Fsp3) is 0.667. The van der Waals surface area contributed by atoms with E-state index in [1.54, 1.807) is 0 Å². The van der Waals surface area contributed by atoms with Crippen LogP contribution in [0, 0.1) is 6.92 Å². The maximum absolute atomic E-state index is 5.65. The lowest BCUT2D eigenvalue weighted by atomic mass is 9.97. The van der Waals surface area contributed by atoms with Gasteiger partial charge >= 0.3 is 0 Å². The van der Waals surface area contributed by atoms with E-state index in [0.717, 1.165) is 11.0 Å². The zero-order valence-electron chi connectivity index (χ0n) is 12.3. The minimum absolute atomic E-state index is 0.133. The third-order valence-corrected chi connectivity index (χ3v) is 3.64. The van der Waals surface area contributed by atoms with Crippen molar-refractivity contribution < 1.29 is 4.42 Å². The second-order valence-corrected chi connectivity index (χ2v) is 6.45. The number of thioether (sulfide) groups is 1. The Morgan fingerprint density at radius 3 is 2.55 bits per heavy atom. The van der Waals surface area contributed by atoms with E-state index in [9.17, 15) is 0 Å². The molecule has 0 saturated heterocycles. The van der Waals surface area contributed by atoms with Crippen LogP contribution in [0.1, 0.15) is 38.4 Å². The maximum atomic E-state index is 5.65. The van der Waals surface area contributed by atoms with Gasteiger partial charge in [0.2, 0.25) is 11.8 Å². The highest BCUT2D eigenvalue weighted by Gasteiger charge is 2.21. The van der Waals surface area contributed by atoms with Gasteiger partial charge in [0.1, 0.15) is 5.82 Å². The van der Waals surface area contributed by atoms with Crippen LogP contribution in [0.3, 0.4) is 0 Å². The number of hydrogen-bond donors (Lipinski definition) is 1. The molecule has 0 unspecified atom stereocenters. The first-order valence-electron chi connectivity index (χ1n) is 6.47. The van der Waals surface area contributed by atoms with Crippen LogP contribution in [-0.4, -0.2) is 31.5 Å². The van der Waals surface area contributed by atoms with Crippen LogP contribution in [0.25, 0.3) is 0 Å². The first-order valence-corrected chi connectivity index (χ1v) is 7.46. The van der Waals surface area contributed by atoms with E-state index < -0.39 is 0 Å². The zero-order valence-corrected chi connectivity index (χ0v) is 13.1. The highest BCUT2D eigenvalue weighted by Crippen LogP contribution is 2.24. The summed E-state index contributed by atoms with van der Waals surface area (Å²) in [4.78, 5) is 0. The average molecular weight is 296 g/mol. The van der Waals surface area contributed by atoms with Crippen molar-refractivity contribution >= 4 is 11.8 Å². The summed E-state index contributed by atoms with van der Waals surface area (Å²) in [6.07, 6.45) is 0. The molecule has 0 fully saturated rings. The summed E-state index contributed by atoms with van der Waals surface area (Å²) in [5.74, 6) is 2.68. The van der Waals surface area contributed by atoms with Crippen molar-refractivity contribution in [2.75, 3.05) is 6.54 Å². The molecule has 0 aliphatic heterocycles. The van der Waals surface area contributed by atoms with E-state index in [4.69, 9.17) is 10.2 Å². The normalized spacial score (nSPS) is 12.1. The number of rotatable bonds is 5. The first-order chi connectivity index (χ1) is 9.41. The Hall–Kier alpha value is -1.41. The lowest BCUT2D eigenvalue weighted by Gasteiger charge is -2.10. The van der Waals surface area contributed by atoms with Gasteiger partial charge in [-0.1, -0.05) is 32.5 Å². The van der Waals surface area contributed by atoms with Crippen LogP contribution in [0.5, 0.6) is 0 Å². The minimum atomic E-state index is -0.133. The van der Waals surface area contributed by atoms with E-state index in [0.29, 0.717) is 30.6 Å². The molecule has 0 aliphatic rings. The van der Waals surface area contributed by atoms with E-state index in [1.165, 1.54) is 11.8 Å². The molecule has 2 rings (SSSR count). The van der Waals surface area contributed by atoms with Gasteiger partial charge in [0.05, 0.1) is 5.75 Å². The Morgan fingerprint density at radius 2 is 1.95 bits per heavy atom. The van der Waals surface area contributed by atoms with Gasteiger partial charge in [-0.05, 0) is 6.92 Å². The Morgan fingerprint density at radius 1 is 1.20 bits per heavy atom. The molecule has 110 valence electrons. The zero-order chi connectivity index (χ0) is 14.8. The molecular weight excluding hydrogens is 276 g/mol. The van der Waals surface area contributed by atoms with Gasteiger partial charge in [0.25, 0.3) is 0 Å². The molecule has 8 heteroatoms. The van der Waals surface area contributed by atoms with Gasteiger partial charge in [-0.2, -0.15) is 0 Å². The van der Waals surface area contributed by atoms with Crippen LogP contribution >= 0.6 is 11.8 Å². The molecule has 0 radical (unpaired) electrons. The third-order valence-electron chi connectivity index (χ3n) is 2.69. The number of nitrogens with two attached hydrogens (primary N) is 1. The molecular formula is C12H20N6OS. The molecule has 2 aromatic rings. The summed E-state index contributed by atoms with van der Waals surface area (Å²) in [6, 6.07) is 0. The second kappa shape index (κ2) is 5.92. The van der Waals surface area contributed by atoms with Crippen molar-refractivity contribution in [2.45, 2.75) is 50.6 Å². The summed E-state index contributed by atoms with van der Waals surface area (Å²) in [5, 5.41) is 17.2. The van der Waals surface area contributed by atoms with Gasteiger partial charge in [-0.15, -0.1) is 20.4 Å². The summed E-state index contributed by atoms with van der Waals surface area (Å²) in [6.45, 7) is 9.30. The second-order valence-electron chi connectivity index (χ2n) is 5.51. The monoisotopic (exact) mass is 296 g/mol. The van der Waals surface area contributed by atoms with Crippen molar-refractivity contribution in [3.63, 3.8) is 0 Å². The molecule has 0 atom stereocenters. The van der Waals surface area contributed by atoms with Crippen LogP contribution < -0.4 is 5.73 Å². The lowest BCUT2D eigenvalue weighted by Crippen LogP contribution is -2.12. The third kappa shape index (κ3) is 3.37. The highest BCUT2D eigenvalue weighted by atomic mass is 32.2. The van der Waals surface area contributed by atoms with Gasteiger partial charge in [0, 0.05) is 18.5 Å². The number of aryl methyl sites for hydroxylation is 1. The summed E-state index contributed by atoms with van der Waals surface area (Å²) in [7, 11) is 0. The van der Waals surface area contributed by atoms with E-state index in [2.05, 4.69) is 20.4 Å². The van der Waals surface area contributed by atoms with Crippen molar-refractivity contribution in [3.8, 4) is 0 Å². The highest BCUT2D eigenvalue weighted by molar-refractivity contribution is 7.98. The molecule has 0 bridgehead atoms. The minimum Gasteiger partial charge on any atom is -0.424 e. The topological polar surface area (TPSA) is 95.6 Å². The van der Waals surface area contributed by atoms with Crippen LogP contribution in [0.4, 0.5) is 0 Å². The fourth-order valence-electron chi connectivity index (χ4n) is 1.60. The van der Waals surface area contributed by atoms with E-state index >= 15 is 0 Å². The van der Waals surface area contributed by atoms with Gasteiger partial charge in [0.15, 0.2) is 5.16 Å². The molecule has 7 nitrogen and oxygen atoms in total. The first kappa shape index (κ1) is 15.0. The largest absolute Gasteiger partial charge is 0.424 e. The van der Waals surface area contributed by atoms with Crippen molar-refractivity contribution in [2.24, 2.45) is 5.73 Å². The fourth-order valence-corrected chi connectivity index (χ4v) is 2.44. The van der Waals surface area contributed by atoms with Crippen LogP contribution in [-0.2, 0) is 17.7 Å². The van der Waals surface area contributed by atoms with Crippen LogP contribution in [0.15, 0.2) is 9.57 Å². The van der Waals surface area contributed by atoms with Crippen molar-refractivity contribution in [1.29, 1.82) is 0 Å². The smallest absolute Gasteiger partial charge is 0.226 e. The quantitative estimate of drug-likeness (QED) is 0.835. The predicted molar refractivity (Wildman–Crippen MR) is 76.4 cm³/mol. The lowest BCUT2D eigenvalue weighted by molar-refractivity contribution is 0.378. The maximum Gasteiger partial charge on any atom is 0.226 e. The summed E-state index contributed by atoms with van der Waals surface area (Å²) < 4.78 is 7.64. The Kier molecular flexibility index (Phi) is 4.44. The predicted octanol–water partition coefficient (Wildman–Crippen LogP) is 1.52. The molecule has 0 amide bonds. The number of nitrogens with zero attached hydrogens (tertiary/aromatic N) is 5. The molecule has 2 heterocycles. The SMILES string of the molecule is Cc1nnc(SCc2nnc(C(C)(C)C)o2)n1CCN. The molecule has 20 heavy (non-hydrogen) atoms. The van der Waals surface area contributed by atoms with Gasteiger partial charge < -0.3 is 14.7 Å². The Labute approximate surface area is 122 Å². The molecule has 0 aromatic carbocycles. The average Bonchev–Trinajstić information content (AvgIpc) is 2.96. The Bertz CT molecular complexity index is 571. The summed E-state index contributed by atoms with van der Waals surface area (Å²) >= 11 is 1.52.